The van der Waals surface area contributed by atoms with E-state index < -0.39 is 21.3 Å². The maximum Gasteiger partial charge on any atom is 0.275 e. The molecule has 2 fully saturated rings. The Kier molecular flexibility index (Phi) is 5.69. The van der Waals surface area contributed by atoms with Crippen molar-refractivity contribution >= 4 is 27.3 Å². The van der Waals surface area contributed by atoms with Crippen LogP contribution >= 0.6 is 11.6 Å². The van der Waals surface area contributed by atoms with E-state index in [-0.39, 0.29) is 17.4 Å². The molecule has 1 amide bonds. The number of alkyl halides is 1. The number of quaternary nitrogens is 1. The maximum absolute atomic E-state index is 12.0. The summed E-state index contributed by atoms with van der Waals surface area (Å²) in [4.78, 5) is 13.3. The van der Waals surface area contributed by atoms with E-state index in [0.717, 1.165) is 13.1 Å². The van der Waals surface area contributed by atoms with Crippen molar-refractivity contribution in [1.82, 2.24) is 5.32 Å². The average Bonchev–Trinajstić information content (AvgIpc) is 2.55. The minimum Gasteiger partial charge on any atom is -0.346 e. The molecule has 0 bridgehead atoms. The van der Waals surface area contributed by atoms with Gasteiger partial charge in [-0.3, -0.25) is 4.79 Å². The van der Waals surface area contributed by atoms with E-state index in [1.165, 1.54) is 37.0 Å². The third-order valence-electron chi connectivity index (χ3n) is 4.10. The lowest BCUT2D eigenvalue weighted by molar-refractivity contribution is -0.893. The van der Waals surface area contributed by atoms with Gasteiger partial charge in [0.05, 0.1) is 36.0 Å². The van der Waals surface area contributed by atoms with Gasteiger partial charge < -0.3 is 10.2 Å². The highest BCUT2D eigenvalue weighted by atomic mass is 35.5. The second-order valence-corrected chi connectivity index (χ2v) is 8.68. The summed E-state index contributed by atoms with van der Waals surface area (Å²) in [6.07, 6.45) is 6.12. The van der Waals surface area contributed by atoms with Crippen LogP contribution in [0.5, 0.6) is 0 Å². The van der Waals surface area contributed by atoms with Crippen LogP contribution in [0.15, 0.2) is 0 Å². The molecule has 2 rings (SSSR count). The molecule has 0 saturated carbocycles. The van der Waals surface area contributed by atoms with Crippen molar-refractivity contribution < 1.29 is 18.1 Å². The first-order valence-corrected chi connectivity index (χ1v) is 9.69. The highest BCUT2D eigenvalue weighted by Gasteiger charge is 2.37. The van der Waals surface area contributed by atoms with E-state index in [2.05, 4.69) is 5.32 Å². The lowest BCUT2D eigenvalue weighted by Crippen LogP contribution is -3.13. The highest BCUT2D eigenvalue weighted by Crippen LogP contribution is 2.17. The fraction of sp³-hybridized carbons (Fsp3) is 0.923. The first-order valence-electron chi connectivity index (χ1n) is 7.44. The average molecular weight is 324 g/mol. The summed E-state index contributed by atoms with van der Waals surface area (Å²) in [6.45, 7) is 2.49. The Hall–Kier alpha value is -0.330. The molecular formula is C13H24ClN2O3S+. The number of likely N-dealkylation sites (tertiary alicyclic amines) is 1. The van der Waals surface area contributed by atoms with Crippen molar-refractivity contribution in [2.24, 2.45) is 0 Å². The monoisotopic (exact) mass is 323 g/mol. The van der Waals surface area contributed by atoms with Crippen LogP contribution in [0.1, 0.15) is 32.1 Å². The minimum absolute atomic E-state index is 0.0256. The fourth-order valence-electron chi connectivity index (χ4n) is 3.00. The number of rotatable bonds is 3. The zero-order valence-electron chi connectivity index (χ0n) is 11.7. The van der Waals surface area contributed by atoms with Gasteiger partial charge in [-0.2, -0.15) is 0 Å². The molecule has 2 heterocycles. The Labute approximate surface area is 126 Å². The van der Waals surface area contributed by atoms with Crippen molar-refractivity contribution in [3.8, 4) is 0 Å². The van der Waals surface area contributed by atoms with Gasteiger partial charge in [-0.05, 0) is 25.7 Å². The van der Waals surface area contributed by atoms with E-state index in [4.69, 9.17) is 11.6 Å². The number of halogens is 1. The van der Waals surface area contributed by atoms with E-state index >= 15 is 0 Å². The summed E-state index contributed by atoms with van der Waals surface area (Å²) in [5.74, 6) is -0.133. The molecule has 0 radical (unpaired) electrons. The molecule has 20 heavy (non-hydrogen) atoms. The van der Waals surface area contributed by atoms with Crippen LogP contribution in [0.25, 0.3) is 0 Å². The van der Waals surface area contributed by atoms with Crippen LogP contribution in [-0.4, -0.2) is 56.9 Å². The predicted molar refractivity (Wildman–Crippen MR) is 78.9 cm³/mol. The smallest absolute Gasteiger partial charge is 0.275 e. The molecule has 0 aromatic carbocycles. The van der Waals surface area contributed by atoms with Crippen LogP contribution in [-0.2, 0) is 14.6 Å². The molecule has 0 unspecified atom stereocenters. The first kappa shape index (κ1) is 16.0. The quantitative estimate of drug-likeness (QED) is 0.679. The van der Waals surface area contributed by atoms with Crippen LogP contribution in [0, 0.1) is 0 Å². The van der Waals surface area contributed by atoms with Gasteiger partial charge >= 0.3 is 0 Å². The van der Waals surface area contributed by atoms with Crippen LogP contribution in [0.3, 0.4) is 0 Å². The third kappa shape index (κ3) is 4.90. The summed E-state index contributed by atoms with van der Waals surface area (Å²) in [6, 6.07) is -0.427. The molecule has 5 nitrogen and oxygen atoms in total. The molecular weight excluding hydrogens is 300 g/mol. The number of nitrogens with one attached hydrogen (secondary N) is 2. The topological polar surface area (TPSA) is 67.7 Å². The lowest BCUT2D eigenvalue weighted by Gasteiger charge is -2.22. The summed E-state index contributed by atoms with van der Waals surface area (Å²) in [7, 11) is -3.09. The molecule has 2 aliphatic heterocycles. The van der Waals surface area contributed by atoms with Gasteiger partial charge in [0.1, 0.15) is 0 Å². The Balaban J connectivity index is 1.79. The highest BCUT2D eigenvalue weighted by molar-refractivity contribution is 7.91. The van der Waals surface area contributed by atoms with Gasteiger partial charge in [0.15, 0.2) is 16.4 Å². The number of carbonyl (C=O) groups is 1. The predicted octanol–water partition coefficient (Wildman–Crippen LogP) is -0.644. The first-order chi connectivity index (χ1) is 9.46. The molecule has 0 aromatic heterocycles. The SMILES string of the molecule is O=C(C[NH+]1CCCCCCC1)N[C@H]1CS(=O)(=O)C[C@H]1Cl. The zero-order chi connectivity index (χ0) is 14.6. The third-order valence-corrected chi connectivity index (χ3v) is 6.48. The van der Waals surface area contributed by atoms with Gasteiger partial charge in [-0.25, -0.2) is 8.42 Å². The van der Waals surface area contributed by atoms with Crippen LogP contribution < -0.4 is 10.2 Å². The molecule has 2 atom stereocenters. The van der Waals surface area contributed by atoms with E-state index in [0.29, 0.717) is 6.54 Å². The van der Waals surface area contributed by atoms with Gasteiger partial charge in [-0.15, -0.1) is 11.6 Å². The van der Waals surface area contributed by atoms with Crippen molar-refractivity contribution in [3.63, 3.8) is 0 Å². The number of hydrogen-bond acceptors (Lipinski definition) is 3. The van der Waals surface area contributed by atoms with Gasteiger partial charge in [0.2, 0.25) is 0 Å². The van der Waals surface area contributed by atoms with Crippen molar-refractivity contribution in [2.75, 3.05) is 31.1 Å². The molecule has 116 valence electrons. The molecule has 0 aromatic rings. The Bertz CT molecular complexity index is 433. The molecule has 2 N–H and O–H groups in total. The van der Waals surface area contributed by atoms with Gasteiger partial charge in [-0.1, -0.05) is 6.42 Å². The van der Waals surface area contributed by atoms with E-state index in [1.54, 1.807) is 0 Å². The summed E-state index contributed by atoms with van der Waals surface area (Å²) in [5, 5.41) is 2.30. The largest absolute Gasteiger partial charge is 0.346 e. The Morgan fingerprint density at radius 3 is 2.25 bits per heavy atom. The second-order valence-electron chi connectivity index (χ2n) is 5.96. The van der Waals surface area contributed by atoms with Crippen molar-refractivity contribution in [2.45, 2.75) is 43.5 Å². The second kappa shape index (κ2) is 7.09. The lowest BCUT2D eigenvalue weighted by atomic mass is 10.1. The maximum atomic E-state index is 12.0. The standard InChI is InChI=1S/C13H23ClN2O3S/c14-11-9-20(18,19)10-12(11)15-13(17)8-16-6-4-2-1-3-5-7-16/h11-12H,1-10H2,(H,15,17)/p+1/t11-,12+/m1/s1. The number of sulfone groups is 1. The summed E-state index contributed by atoms with van der Waals surface area (Å²) < 4.78 is 22.9. The summed E-state index contributed by atoms with van der Waals surface area (Å²) in [5.41, 5.74) is 0. The van der Waals surface area contributed by atoms with Crippen molar-refractivity contribution in [1.29, 1.82) is 0 Å². The van der Waals surface area contributed by atoms with E-state index in [9.17, 15) is 13.2 Å². The number of carbonyl (C=O) groups excluding carboxylic acids is 1. The van der Waals surface area contributed by atoms with Gasteiger partial charge in [0, 0.05) is 0 Å². The Morgan fingerprint density at radius 2 is 1.70 bits per heavy atom. The zero-order valence-corrected chi connectivity index (χ0v) is 13.3. The molecule has 2 aliphatic rings. The molecule has 0 spiro atoms. The van der Waals surface area contributed by atoms with Crippen molar-refractivity contribution in [3.05, 3.63) is 0 Å². The van der Waals surface area contributed by atoms with Crippen LogP contribution in [0.4, 0.5) is 0 Å². The number of hydrogen-bond donors (Lipinski definition) is 2. The molecule has 2 saturated heterocycles. The number of amides is 1. The summed E-state index contributed by atoms with van der Waals surface area (Å²) >= 11 is 6.00. The van der Waals surface area contributed by atoms with E-state index in [1.807, 2.05) is 0 Å². The Morgan fingerprint density at radius 1 is 1.10 bits per heavy atom. The fourth-order valence-corrected chi connectivity index (χ4v) is 5.55. The minimum atomic E-state index is -3.09. The molecule has 0 aliphatic carbocycles. The normalized spacial score (nSPS) is 31.4. The van der Waals surface area contributed by atoms with Gasteiger partial charge in [0.25, 0.3) is 5.91 Å². The van der Waals surface area contributed by atoms with Crippen LogP contribution in [0.2, 0.25) is 0 Å². The molecule has 7 heteroatoms.